The van der Waals surface area contributed by atoms with Crippen LogP contribution in [0, 0.1) is 10.1 Å². The number of imide groups is 1. The van der Waals surface area contributed by atoms with Gasteiger partial charge < -0.3 is 5.32 Å². The fourth-order valence-corrected chi connectivity index (χ4v) is 3.64. The lowest BCUT2D eigenvalue weighted by Crippen LogP contribution is -2.41. The van der Waals surface area contributed by atoms with Crippen molar-refractivity contribution in [3.05, 3.63) is 99.6 Å². The summed E-state index contributed by atoms with van der Waals surface area (Å²) in [7, 11) is 0. The van der Waals surface area contributed by atoms with Crippen LogP contribution in [0.1, 0.15) is 39.2 Å². The lowest BCUT2D eigenvalue weighted by atomic mass is 10.0. The average Bonchev–Trinajstić information content (AvgIpc) is 3.04. The summed E-state index contributed by atoms with van der Waals surface area (Å²) in [4.78, 5) is 48.7. The summed E-state index contributed by atoms with van der Waals surface area (Å²) in [5, 5.41) is 13.7. The van der Waals surface area contributed by atoms with Crippen molar-refractivity contribution in [3.63, 3.8) is 0 Å². The molecule has 0 aliphatic carbocycles. The fraction of sp³-hybridized carbons (Fsp3) is 0.125. The molecule has 1 heterocycles. The summed E-state index contributed by atoms with van der Waals surface area (Å²) in [6.45, 7) is 1.34. The van der Waals surface area contributed by atoms with Crippen molar-refractivity contribution < 1.29 is 19.3 Å². The van der Waals surface area contributed by atoms with Crippen LogP contribution in [0.3, 0.4) is 0 Å². The van der Waals surface area contributed by atoms with Crippen LogP contribution in [-0.4, -0.2) is 34.1 Å². The minimum Gasteiger partial charge on any atom is -0.348 e. The number of non-ortho nitro benzene ring substituents is 1. The van der Waals surface area contributed by atoms with E-state index >= 15 is 0 Å². The molecule has 0 radical (unpaired) electrons. The molecule has 3 amide bonds. The topological polar surface area (TPSA) is 110 Å². The second kappa shape index (κ2) is 8.43. The second-order valence-electron chi connectivity index (χ2n) is 7.46. The highest BCUT2D eigenvalue weighted by Gasteiger charge is 2.37. The smallest absolute Gasteiger partial charge is 0.270 e. The highest BCUT2D eigenvalue weighted by atomic mass is 16.6. The van der Waals surface area contributed by atoms with E-state index in [1.165, 1.54) is 6.07 Å². The predicted molar refractivity (Wildman–Crippen MR) is 117 cm³/mol. The monoisotopic (exact) mass is 429 g/mol. The van der Waals surface area contributed by atoms with Crippen LogP contribution in [0.2, 0.25) is 0 Å². The molecule has 0 unspecified atom stereocenters. The maximum atomic E-state index is 12.5. The molecule has 0 aromatic heterocycles. The van der Waals surface area contributed by atoms with E-state index in [9.17, 15) is 24.5 Å². The average molecular weight is 429 g/mol. The molecule has 1 aliphatic rings. The molecular weight excluding hydrogens is 410 g/mol. The van der Waals surface area contributed by atoms with E-state index in [0.29, 0.717) is 0 Å². The van der Waals surface area contributed by atoms with Gasteiger partial charge >= 0.3 is 0 Å². The number of fused-ring (bicyclic) bond motifs is 1. The first-order valence-corrected chi connectivity index (χ1v) is 9.94. The first kappa shape index (κ1) is 20.9. The summed E-state index contributed by atoms with van der Waals surface area (Å²) in [5.41, 5.74) is 2.70. The number of nitro benzene ring substituents is 1. The third-order valence-corrected chi connectivity index (χ3v) is 5.36. The van der Waals surface area contributed by atoms with Gasteiger partial charge in [0.15, 0.2) is 0 Å². The Kier molecular flexibility index (Phi) is 5.51. The minimum absolute atomic E-state index is 0.0537. The van der Waals surface area contributed by atoms with Gasteiger partial charge in [0, 0.05) is 12.1 Å². The highest BCUT2D eigenvalue weighted by molar-refractivity contribution is 6.22. The van der Waals surface area contributed by atoms with Crippen molar-refractivity contribution in [1.29, 1.82) is 0 Å². The molecule has 4 rings (SSSR count). The van der Waals surface area contributed by atoms with Gasteiger partial charge in [-0.3, -0.25) is 29.4 Å². The minimum atomic E-state index is -0.719. The van der Waals surface area contributed by atoms with Gasteiger partial charge in [-0.1, -0.05) is 54.6 Å². The standard InChI is InChI=1S/C24H19N3O5/c1-15(16-7-9-18(10-8-16)17-5-3-2-4-6-17)25-22(28)14-26-23(29)20-12-11-19(27(31)32)13-21(20)24(26)30/h2-13,15H,14H2,1H3,(H,25,28)/t15-/m1/s1. The zero-order chi connectivity index (χ0) is 22.8. The number of carbonyl (C=O) groups is 3. The molecule has 32 heavy (non-hydrogen) atoms. The molecule has 8 heteroatoms. The largest absolute Gasteiger partial charge is 0.348 e. The quantitative estimate of drug-likeness (QED) is 0.365. The number of carbonyl (C=O) groups excluding carboxylic acids is 3. The lowest BCUT2D eigenvalue weighted by molar-refractivity contribution is -0.384. The lowest BCUT2D eigenvalue weighted by Gasteiger charge is -2.18. The van der Waals surface area contributed by atoms with Gasteiger partial charge in [-0.2, -0.15) is 0 Å². The summed E-state index contributed by atoms with van der Waals surface area (Å²) in [6, 6.07) is 20.8. The summed E-state index contributed by atoms with van der Waals surface area (Å²) >= 11 is 0. The van der Waals surface area contributed by atoms with Crippen molar-refractivity contribution in [3.8, 4) is 11.1 Å². The first-order valence-electron chi connectivity index (χ1n) is 9.94. The normalized spacial score (nSPS) is 13.6. The van der Waals surface area contributed by atoms with Crippen LogP contribution < -0.4 is 5.32 Å². The number of benzene rings is 3. The van der Waals surface area contributed by atoms with E-state index in [1.807, 2.05) is 54.6 Å². The number of nitrogens with zero attached hydrogens (tertiary/aromatic N) is 2. The Labute approximate surface area is 183 Å². The molecule has 0 spiro atoms. The SMILES string of the molecule is C[C@@H](NC(=O)CN1C(=O)c2ccc([N+](=O)[O-])cc2C1=O)c1ccc(-c2ccccc2)cc1. The number of amides is 3. The Hall–Kier alpha value is -4.33. The molecule has 0 bridgehead atoms. The van der Waals surface area contributed by atoms with E-state index in [4.69, 9.17) is 0 Å². The van der Waals surface area contributed by atoms with E-state index in [2.05, 4.69) is 5.32 Å². The van der Waals surface area contributed by atoms with E-state index in [1.54, 1.807) is 6.92 Å². The van der Waals surface area contributed by atoms with Gasteiger partial charge in [0.2, 0.25) is 5.91 Å². The summed E-state index contributed by atoms with van der Waals surface area (Å²) in [6.07, 6.45) is 0. The Morgan fingerprint density at radius 1 is 0.938 bits per heavy atom. The molecule has 1 atom stereocenters. The van der Waals surface area contributed by atoms with E-state index in [0.717, 1.165) is 33.7 Å². The van der Waals surface area contributed by atoms with Gasteiger partial charge in [-0.25, -0.2) is 0 Å². The van der Waals surface area contributed by atoms with Gasteiger partial charge in [-0.15, -0.1) is 0 Å². The number of hydrogen-bond donors (Lipinski definition) is 1. The number of rotatable bonds is 6. The maximum absolute atomic E-state index is 12.5. The molecule has 8 nitrogen and oxygen atoms in total. The van der Waals surface area contributed by atoms with Crippen LogP contribution in [0.25, 0.3) is 11.1 Å². The predicted octanol–water partition coefficient (Wildman–Crippen LogP) is 3.74. The molecule has 0 saturated carbocycles. The highest BCUT2D eigenvalue weighted by Crippen LogP contribution is 2.27. The van der Waals surface area contributed by atoms with Crippen LogP contribution >= 0.6 is 0 Å². The van der Waals surface area contributed by atoms with Crippen LogP contribution in [-0.2, 0) is 4.79 Å². The summed E-state index contributed by atoms with van der Waals surface area (Å²) in [5.74, 6) is -1.87. The number of nitrogens with one attached hydrogen (secondary N) is 1. The van der Waals surface area contributed by atoms with Crippen LogP contribution in [0.5, 0.6) is 0 Å². The maximum Gasteiger partial charge on any atom is 0.270 e. The van der Waals surface area contributed by atoms with E-state index in [-0.39, 0.29) is 22.9 Å². The Balaban J connectivity index is 1.42. The number of nitro groups is 1. The third-order valence-electron chi connectivity index (χ3n) is 5.36. The Bertz CT molecular complexity index is 1220. The van der Waals surface area contributed by atoms with Crippen molar-refractivity contribution in [1.82, 2.24) is 10.2 Å². The van der Waals surface area contributed by atoms with Gasteiger partial charge in [-0.05, 0) is 29.7 Å². The van der Waals surface area contributed by atoms with Crippen molar-refractivity contribution >= 4 is 23.4 Å². The molecule has 0 fully saturated rings. The molecule has 1 N–H and O–H groups in total. The fourth-order valence-electron chi connectivity index (χ4n) is 3.64. The Morgan fingerprint density at radius 3 is 2.22 bits per heavy atom. The van der Waals surface area contributed by atoms with Crippen molar-refractivity contribution in [2.24, 2.45) is 0 Å². The number of hydrogen-bond acceptors (Lipinski definition) is 5. The summed E-state index contributed by atoms with van der Waals surface area (Å²) < 4.78 is 0. The molecule has 160 valence electrons. The van der Waals surface area contributed by atoms with Crippen LogP contribution in [0.15, 0.2) is 72.8 Å². The Morgan fingerprint density at radius 2 is 1.56 bits per heavy atom. The molecule has 3 aromatic carbocycles. The molecule has 1 aliphatic heterocycles. The molecule has 0 saturated heterocycles. The van der Waals surface area contributed by atoms with Crippen molar-refractivity contribution in [2.45, 2.75) is 13.0 Å². The zero-order valence-corrected chi connectivity index (χ0v) is 17.1. The molecule has 3 aromatic rings. The van der Waals surface area contributed by atoms with Crippen molar-refractivity contribution in [2.75, 3.05) is 6.54 Å². The third kappa shape index (κ3) is 3.98. The van der Waals surface area contributed by atoms with E-state index < -0.39 is 29.2 Å². The first-order chi connectivity index (χ1) is 15.3. The van der Waals surface area contributed by atoms with Gasteiger partial charge in [0.25, 0.3) is 17.5 Å². The van der Waals surface area contributed by atoms with Gasteiger partial charge in [0.05, 0.1) is 22.1 Å². The van der Waals surface area contributed by atoms with Gasteiger partial charge in [0.1, 0.15) is 6.54 Å². The molecular formula is C24H19N3O5. The second-order valence-corrected chi connectivity index (χ2v) is 7.46. The van der Waals surface area contributed by atoms with Crippen LogP contribution in [0.4, 0.5) is 5.69 Å². The zero-order valence-electron chi connectivity index (χ0n) is 17.1.